The summed E-state index contributed by atoms with van der Waals surface area (Å²) in [6.45, 7) is 6.57. The van der Waals surface area contributed by atoms with Crippen LogP contribution >= 0.6 is 0 Å². The summed E-state index contributed by atoms with van der Waals surface area (Å²) in [5.41, 5.74) is 5.82. The Labute approximate surface area is 205 Å². The van der Waals surface area contributed by atoms with Crippen molar-refractivity contribution in [1.29, 1.82) is 0 Å². The number of rotatable bonds is 5. The fourth-order valence-electron chi connectivity index (χ4n) is 5.12. The Hall–Kier alpha value is -4.00. The molecule has 2 atom stereocenters. The molecule has 0 fully saturated rings. The molecule has 2 aliphatic rings. The molecule has 0 unspecified atom stereocenters. The molecule has 0 spiro atoms. The number of aromatic nitrogens is 3. The van der Waals surface area contributed by atoms with Gasteiger partial charge in [-0.05, 0) is 56.4 Å². The number of benzene rings is 1. The Kier molecular flexibility index (Phi) is 6.07. The molecule has 2 N–H and O–H groups in total. The number of nitrogens with one attached hydrogen (secondary N) is 2. The van der Waals surface area contributed by atoms with Crippen LogP contribution in [0.15, 0.2) is 83.6 Å². The van der Waals surface area contributed by atoms with E-state index in [2.05, 4.69) is 32.8 Å². The number of allylic oxidation sites excluding steroid dienone is 3. The van der Waals surface area contributed by atoms with E-state index in [0.717, 1.165) is 34.5 Å². The summed E-state index contributed by atoms with van der Waals surface area (Å²) >= 11 is 0. The zero-order valence-corrected chi connectivity index (χ0v) is 20.2. The third kappa shape index (κ3) is 4.41. The van der Waals surface area contributed by atoms with Gasteiger partial charge >= 0.3 is 0 Å². The second-order valence-electron chi connectivity index (χ2n) is 9.23. The minimum absolute atomic E-state index is 0.0633. The van der Waals surface area contributed by atoms with E-state index < -0.39 is 5.92 Å². The number of hydrogen-bond acceptors (Lipinski definition) is 5. The number of anilines is 1. The SMILES string of the molecule is CCn1cc([C@H]2C(C(=O)Nc3cc(C)ccn3)=C(C)NC3=C2C(=O)C[C@H](c2ccccc2)C3)cn1. The Bertz CT molecular complexity index is 1350. The van der Waals surface area contributed by atoms with Gasteiger partial charge in [0, 0.05) is 59.4 Å². The third-order valence-corrected chi connectivity index (χ3v) is 6.81. The zero-order chi connectivity index (χ0) is 24.5. The number of nitrogens with zero attached hydrogens (tertiary/aromatic N) is 3. The molecule has 3 heterocycles. The summed E-state index contributed by atoms with van der Waals surface area (Å²) < 4.78 is 1.82. The van der Waals surface area contributed by atoms with Gasteiger partial charge in [0.1, 0.15) is 5.82 Å². The summed E-state index contributed by atoms with van der Waals surface area (Å²) in [6.07, 6.45) is 6.50. The molecule has 5 rings (SSSR count). The number of carbonyl (C=O) groups is 2. The van der Waals surface area contributed by atoms with E-state index in [1.54, 1.807) is 12.4 Å². The number of aryl methyl sites for hydroxylation is 2. The molecule has 0 saturated heterocycles. The molecule has 7 nitrogen and oxygen atoms in total. The van der Waals surface area contributed by atoms with Gasteiger partial charge in [0.05, 0.1) is 6.20 Å². The highest BCUT2D eigenvalue weighted by Crippen LogP contribution is 2.45. The highest BCUT2D eigenvalue weighted by atomic mass is 16.2. The fraction of sp³-hybridized carbons (Fsp3) is 0.286. The molecule has 1 aliphatic heterocycles. The van der Waals surface area contributed by atoms with Crippen molar-refractivity contribution >= 4 is 17.5 Å². The summed E-state index contributed by atoms with van der Waals surface area (Å²) in [4.78, 5) is 31.5. The number of carbonyl (C=O) groups excluding carboxylic acids is 2. The number of Topliss-reactive ketones (excluding diaryl/α,β-unsaturated/α-hetero) is 1. The second kappa shape index (κ2) is 9.33. The van der Waals surface area contributed by atoms with Crippen LogP contribution in [-0.2, 0) is 16.1 Å². The molecule has 2 aromatic heterocycles. The van der Waals surface area contributed by atoms with Gasteiger partial charge < -0.3 is 10.6 Å². The van der Waals surface area contributed by atoms with E-state index in [0.29, 0.717) is 29.9 Å². The molecule has 1 amide bonds. The van der Waals surface area contributed by atoms with Gasteiger partial charge in [0.2, 0.25) is 0 Å². The summed E-state index contributed by atoms with van der Waals surface area (Å²) in [5.74, 6) is -0.105. The average Bonchev–Trinajstić information content (AvgIpc) is 3.32. The van der Waals surface area contributed by atoms with E-state index >= 15 is 0 Å². The molecule has 0 bridgehead atoms. The lowest BCUT2D eigenvalue weighted by molar-refractivity contribution is -0.116. The van der Waals surface area contributed by atoms with Crippen LogP contribution in [0.4, 0.5) is 5.82 Å². The van der Waals surface area contributed by atoms with Crippen LogP contribution < -0.4 is 10.6 Å². The lowest BCUT2D eigenvalue weighted by atomic mass is 9.72. The highest BCUT2D eigenvalue weighted by molar-refractivity contribution is 6.09. The van der Waals surface area contributed by atoms with Crippen LogP contribution in [0.1, 0.15) is 55.2 Å². The van der Waals surface area contributed by atoms with E-state index in [-0.39, 0.29) is 17.6 Å². The molecule has 1 aromatic carbocycles. The topological polar surface area (TPSA) is 88.9 Å². The fourth-order valence-corrected chi connectivity index (χ4v) is 5.12. The molecule has 0 radical (unpaired) electrons. The predicted molar refractivity (Wildman–Crippen MR) is 135 cm³/mol. The first-order valence-corrected chi connectivity index (χ1v) is 12.0. The van der Waals surface area contributed by atoms with Gasteiger partial charge in [-0.1, -0.05) is 30.3 Å². The van der Waals surface area contributed by atoms with E-state index in [9.17, 15) is 9.59 Å². The van der Waals surface area contributed by atoms with E-state index in [1.807, 2.05) is 62.0 Å². The standard InChI is InChI=1S/C28H29N5O2/c1-4-33-16-21(15-30-33)26-25(28(35)32-24-12-17(2)10-11-29-24)18(3)31-22-13-20(14-23(34)27(22)26)19-8-6-5-7-9-19/h5-12,15-16,20,26,31H,4,13-14H2,1-3H3,(H,29,32,35)/t20-,26+/m1/s1. The number of pyridine rings is 1. The number of hydrogen-bond donors (Lipinski definition) is 2. The first-order chi connectivity index (χ1) is 16.9. The zero-order valence-electron chi connectivity index (χ0n) is 20.2. The molecular formula is C28H29N5O2. The molecule has 7 heteroatoms. The summed E-state index contributed by atoms with van der Waals surface area (Å²) in [6, 6.07) is 13.9. The van der Waals surface area contributed by atoms with Gasteiger partial charge in [0.25, 0.3) is 5.91 Å². The minimum atomic E-state index is -0.486. The van der Waals surface area contributed by atoms with Gasteiger partial charge in [-0.3, -0.25) is 14.3 Å². The normalized spacial score (nSPS) is 19.9. The first kappa shape index (κ1) is 22.8. The van der Waals surface area contributed by atoms with Crippen LogP contribution in [0.25, 0.3) is 0 Å². The largest absolute Gasteiger partial charge is 0.362 e. The number of amides is 1. The molecule has 1 aliphatic carbocycles. The molecule has 35 heavy (non-hydrogen) atoms. The lowest BCUT2D eigenvalue weighted by Gasteiger charge is -2.36. The van der Waals surface area contributed by atoms with Crippen molar-refractivity contribution < 1.29 is 9.59 Å². The monoisotopic (exact) mass is 467 g/mol. The Morgan fingerprint density at radius 3 is 2.66 bits per heavy atom. The van der Waals surface area contributed by atoms with Gasteiger partial charge in [-0.15, -0.1) is 0 Å². The van der Waals surface area contributed by atoms with Crippen LogP contribution in [0, 0.1) is 6.92 Å². The van der Waals surface area contributed by atoms with Crippen molar-refractivity contribution in [2.24, 2.45) is 0 Å². The Balaban J connectivity index is 1.55. The van der Waals surface area contributed by atoms with Crippen LogP contribution in [0.2, 0.25) is 0 Å². The molecular weight excluding hydrogens is 438 g/mol. The maximum atomic E-state index is 13.7. The molecule has 0 saturated carbocycles. The highest BCUT2D eigenvalue weighted by Gasteiger charge is 2.41. The van der Waals surface area contributed by atoms with Crippen molar-refractivity contribution in [3.05, 3.63) is 100 Å². The Morgan fingerprint density at radius 2 is 1.94 bits per heavy atom. The van der Waals surface area contributed by atoms with Crippen molar-refractivity contribution in [1.82, 2.24) is 20.1 Å². The number of ketones is 1. The molecule has 178 valence electrons. The second-order valence-corrected chi connectivity index (χ2v) is 9.23. The summed E-state index contributed by atoms with van der Waals surface area (Å²) in [7, 11) is 0. The third-order valence-electron chi connectivity index (χ3n) is 6.81. The van der Waals surface area contributed by atoms with E-state index in [1.165, 1.54) is 0 Å². The van der Waals surface area contributed by atoms with Crippen LogP contribution in [-0.4, -0.2) is 26.5 Å². The van der Waals surface area contributed by atoms with Gasteiger partial charge in [-0.2, -0.15) is 5.10 Å². The van der Waals surface area contributed by atoms with Crippen LogP contribution in [0.3, 0.4) is 0 Å². The maximum Gasteiger partial charge on any atom is 0.255 e. The Morgan fingerprint density at radius 1 is 1.14 bits per heavy atom. The van der Waals surface area contributed by atoms with Crippen molar-refractivity contribution in [3.63, 3.8) is 0 Å². The first-order valence-electron chi connectivity index (χ1n) is 12.0. The minimum Gasteiger partial charge on any atom is -0.362 e. The van der Waals surface area contributed by atoms with E-state index in [4.69, 9.17) is 0 Å². The lowest BCUT2D eigenvalue weighted by Crippen LogP contribution is -2.37. The predicted octanol–water partition coefficient (Wildman–Crippen LogP) is 4.61. The summed E-state index contributed by atoms with van der Waals surface area (Å²) in [5, 5.41) is 10.8. The van der Waals surface area contributed by atoms with Crippen molar-refractivity contribution in [2.45, 2.75) is 52.0 Å². The number of dihydropyridines is 1. The average molecular weight is 468 g/mol. The maximum absolute atomic E-state index is 13.7. The van der Waals surface area contributed by atoms with Gasteiger partial charge in [0.15, 0.2) is 5.78 Å². The smallest absolute Gasteiger partial charge is 0.255 e. The molecule has 3 aromatic rings. The quantitative estimate of drug-likeness (QED) is 0.572. The van der Waals surface area contributed by atoms with Crippen LogP contribution in [0.5, 0.6) is 0 Å². The van der Waals surface area contributed by atoms with Crippen molar-refractivity contribution in [3.8, 4) is 0 Å². The van der Waals surface area contributed by atoms with Crippen molar-refractivity contribution in [2.75, 3.05) is 5.32 Å². The van der Waals surface area contributed by atoms with Gasteiger partial charge in [-0.25, -0.2) is 4.98 Å².